The Morgan fingerprint density at radius 1 is 1.31 bits per heavy atom. The summed E-state index contributed by atoms with van der Waals surface area (Å²) in [5.41, 5.74) is -0.225. The fourth-order valence-electron chi connectivity index (χ4n) is 1.10. The van der Waals surface area contributed by atoms with Gasteiger partial charge in [0.1, 0.15) is 0 Å². The molecule has 0 aliphatic carbocycles. The minimum atomic E-state index is -1.06. The van der Waals surface area contributed by atoms with Gasteiger partial charge < -0.3 is 10.2 Å². The summed E-state index contributed by atoms with van der Waals surface area (Å²) in [4.78, 5) is 0. The van der Waals surface area contributed by atoms with Crippen molar-refractivity contribution in [3.63, 3.8) is 0 Å². The van der Waals surface area contributed by atoms with Gasteiger partial charge in [0, 0.05) is 0 Å². The summed E-state index contributed by atoms with van der Waals surface area (Å²) in [5, 5.41) is 18.8. The molecular formula is C10H13FO2. The number of halogens is 1. The number of aromatic hydroxyl groups is 1. The normalized spacial score (nSPS) is 11.8. The fourth-order valence-corrected chi connectivity index (χ4v) is 1.10. The predicted molar refractivity (Wildman–Crippen MR) is 48.0 cm³/mol. The summed E-state index contributed by atoms with van der Waals surface area (Å²) in [6.45, 7) is 4.71. The first-order valence-corrected chi connectivity index (χ1v) is 4.04. The van der Waals surface area contributed by atoms with Gasteiger partial charge in [0.15, 0.2) is 11.6 Å². The lowest BCUT2D eigenvalue weighted by molar-refractivity contribution is 0.0781. The van der Waals surface area contributed by atoms with E-state index in [-0.39, 0.29) is 0 Å². The van der Waals surface area contributed by atoms with Crippen LogP contribution in [-0.4, -0.2) is 10.2 Å². The molecule has 0 bridgehead atoms. The van der Waals surface area contributed by atoms with Crippen molar-refractivity contribution in [2.75, 3.05) is 0 Å². The molecule has 0 saturated heterocycles. The molecule has 0 aliphatic heterocycles. The van der Waals surface area contributed by atoms with E-state index in [4.69, 9.17) is 5.11 Å². The Bertz CT molecular complexity index is 303. The van der Waals surface area contributed by atoms with Crippen LogP contribution in [0.1, 0.15) is 25.0 Å². The summed E-state index contributed by atoms with van der Waals surface area (Å²) in [7, 11) is 0. The molecule has 3 heteroatoms. The molecule has 2 nitrogen and oxygen atoms in total. The molecule has 13 heavy (non-hydrogen) atoms. The van der Waals surface area contributed by atoms with Crippen molar-refractivity contribution >= 4 is 0 Å². The van der Waals surface area contributed by atoms with Crippen molar-refractivity contribution in [2.24, 2.45) is 0 Å². The maximum atomic E-state index is 13.0. The number of phenolic OH excluding ortho intramolecular Hbond substituents is 1. The lowest BCUT2D eigenvalue weighted by Gasteiger charge is -2.18. The highest BCUT2D eigenvalue weighted by molar-refractivity contribution is 5.37. The van der Waals surface area contributed by atoms with Crippen LogP contribution in [0.15, 0.2) is 12.1 Å². The van der Waals surface area contributed by atoms with Crippen molar-refractivity contribution in [3.05, 3.63) is 29.1 Å². The third-order valence-electron chi connectivity index (χ3n) is 1.94. The minimum Gasteiger partial charge on any atom is -0.505 e. The lowest BCUT2D eigenvalue weighted by atomic mass is 9.96. The molecule has 0 fully saturated rings. The molecule has 2 N–H and O–H groups in total. The highest BCUT2D eigenvalue weighted by Crippen LogP contribution is 2.27. The molecule has 0 atom stereocenters. The van der Waals surface area contributed by atoms with Crippen molar-refractivity contribution in [2.45, 2.75) is 26.4 Å². The van der Waals surface area contributed by atoms with E-state index in [1.54, 1.807) is 20.8 Å². The molecular weight excluding hydrogens is 171 g/mol. The molecule has 0 spiro atoms. The molecule has 0 aliphatic rings. The third kappa shape index (κ3) is 1.98. The Kier molecular flexibility index (Phi) is 2.30. The quantitative estimate of drug-likeness (QED) is 0.701. The molecule has 0 saturated carbocycles. The van der Waals surface area contributed by atoms with Crippen molar-refractivity contribution in [3.8, 4) is 5.75 Å². The van der Waals surface area contributed by atoms with Crippen molar-refractivity contribution in [1.29, 1.82) is 0 Å². The van der Waals surface area contributed by atoms with Gasteiger partial charge in [0.2, 0.25) is 0 Å². The van der Waals surface area contributed by atoms with Crippen LogP contribution in [-0.2, 0) is 5.60 Å². The summed E-state index contributed by atoms with van der Waals surface area (Å²) >= 11 is 0. The number of phenols is 1. The molecule has 1 aromatic carbocycles. The van der Waals surface area contributed by atoms with Gasteiger partial charge in [-0.2, -0.15) is 0 Å². The standard InChI is InChI=1S/C10H13FO2/c1-6-4-7(10(2,3)13)5-8(12)9(6)11/h4-5,12-13H,1-3H3. The zero-order valence-electron chi connectivity index (χ0n) is 7.93. The smallest absolute Gasteiger partial charge is 0.167 e. The van der Waals surface area contributed by atoms with Crippen LogP contribution < -0.4 is 0 Å². The number of hydrogen-bond donors (Lipinski definition) is 2. The van der Waals surface area contributed by atoms with E-state index in [1.165, 1.54) is 12.1 Å². The van der Waals surface area contributed by atoms with Crippen LogP contribution in [0.4, 0.5) is 4.39 Å². The van der Waals surface area contributed by atoms with E-state index in [0.717, 1.165) is 0 Å². The minimum absolute atomic E-state index is 0.331. The Balaban J connectivity index is 3.29. The molecule has 72 valence electrons. The Morgan fingerprint density at radius 2 is 1.85 bits per heavy atom. The fraction of sp³-hybridized carbons (Fsp3) is 0.400. The summed E-state index contributed by atoms with van der Waals surface area (Å²) < 4.78 is 13.0. The second kappa shape index (κ2) is 3.00. The van der Waals surface area contributed by atoms with Crippen LogP contribution in [0.5, 0.6) is 5.75 Å². The van der Waals surface area contributed by atoms with Gasteiger partial charge >= 0.3 is 0 Å². The van der Waals surface area contributed by atoms with E-state index in [0.29, 0.717) is 11.1 Å². The molecule has 0 unspecified atom stereocenters. The summed E-state index contributed by atoms with van der Waals surface area (Å²) in [5.74, 6) is -1.05. The van der Waals surface area contributed by atoms with E-state index in [2.05, 4.69) is 0 Å². The van der Waals surface area contributed by atoms with Gasteiger partial charge in [-0.1, -0.05) is 6.07 Å². The monoisotopic (exact) mass is 184 g/mol. The largest absolute Gasteiger partial charge is 0.505 e. The van der Waals surface area contributed by atoms with Gasteiger partial charge in [0.25, 0.3) is 0 Å². The number of aliphatic hydroxyl groups is 1. The Labute approximate surface area is 76.6 Å². The highest BCUT2D eigenvalue weighted by atomic mass is 19.1. The van der Waals surface area contributed by atoms with Gasteiger partial charge in [-0.3, -0.25) is 0 Å². The van der Waals surface area contributed by atoms with Crippen molar-refractivity contribution in [1.82, 2.24) is 0 Å². The van der Waals surface area contributed by atoms with E-state index in [1.807, 2.05) is 0 Å². The average molecular weight is 184 g/mol. The SMILES string of the molecule is Cc1cc(C(C)(C)O)cc(O)c1F. The molecule has 0 heterocycles. The van der Waals surface area contributed by atoms with Crippen LogP contribution >= 0.6 is 0 Å². The third-order valence-corrected chi connectivity index (χ3v) is 1.94. The Hall–Kier alpha value is -1.09. The van der Waals surface area contributed by atoms with E-state index in [9.17, 15) is 9.50 Å². The van der Waals surface area contributed by atoms with Crippen molar-refractivity contribution < 1.29 is 14.6 Å². The number of aryl methyl sites for hydroxylation is 1. The zero-order valence-corrected chi connectivity index (χ0v) is 7.93. The van der Waals surface area contributed by atoms with Crippen LogP contribution in [0, 0.1) is 12.7 Å². The highest BCUT2D eigenvalue weighted by Gasteiger charge is 2.18. The molecule has 1 rings (SSSR count). The first-order chi connectivity index (χ1) is 5.82. The van der Waals surface area contributed by atoms with Crippen LogP contribution in [0.3, 0.4) is 0 Å². The van der Waals surface area contributed by atoms with E-state index >= 15 is 0 Å². The van der Waals surface area contributed by atoms with Gasteiger partial charge in [-0.05, 0) is 38.0 Å². The second-order valence-electron chi connectivity index (χ2n) is 3.69. The molecule has 1 aromatic rings. The first kappa shape index (κ1) is 9.99. The maximum absolute atomic E-state index is 13.0. The number of hydrogen-bond acceptors (Lipinski definition) is 2. The molecule has 0 radical (unpaired) electrons. The van der Waals surface area contributed by atoms with Crippen LogP contribution in [0.2, 0.25) is 0 Å². The second-order valence-corrected chi connectivity index (χ2v) is 3.69. The van der Waals surface area contributed by atoms with Gasteiger partial charge in [-0.15, -0.1) is 0 Å². The Morgan fingerprint density at radius 3 is 2.23 bits per heavy atom. The number of benzene rings is 1. The predicted octanol–water partition coefficient (Wildman–Crippen LogP) is 2.07. The lowest BCUT2D eigenvalue weighted by Crippen LogP contribution is -2.15. The molecule has 0 amide bonds. The van der Waals surface area contributed by atoms with E-state index < -0.39 is 17.2 Å². The molecule has 0 aromatic heterocycles. The first-order valence-electron chi connectivity index (χ1n) is 4.04. The summed E-state index contributed by atoms with van der Waals surface area (Å²) in [6.07, 6.45) is 0. The van der Waals surface area contributed by atoms with Crippen LogP contribution in [0.25, 0.3) is 0 Å². The van der Waals surface area contributed by atoms with Gasteiger partial charge in [-0.25, -0.2) is 4.39 Å². The summed E-state index contributed by atoms with van der Waals surface area (Å²) in [6, 6.07) is 2.76. The topological polar surface area (TPSA) is 40.5 Å². The van der Waals surface area contributed by atoms with Gasteiger partial charge in [0.05, 0.1) is 5.60 Å². The zero-order chi connectivity index (χ0) is 10.2. The number of rotatable bonds is 1. The maximum Gasteiger partial charge on any atom is 0.167 e. The average Bonchev–Trinajstić information content (AvgIpc) is 1.97.